The van der Waals surface area contributed by atoms with Gasteiger partial charge in [-0.3, -0.25) is 0 Å². The summed E-state index contributed by atoms with van der Waals surface area (Å²) in [6, 6.07) is 19.5. The van der Waals surface area contributed by atoms with Crippen molar-refractivity contribution in [3.63, 3.8) is 0 Å². The summed E-state index contributed by atoms with van der Waals surface area (Å²) >= 11 is 0. The molecule has 0 unspecified atom stereocenters. The number of aryl methyl sites for hydroxylation is 1. The van der Waals surface area contributed by atoms with E-state index in [4.69, 9.17) is 4.74 Å². The molecule has 0 aliphatic carbocycles. The van der Waals surface area contributed by atoms with Gasteiger partial charge in [0.1, 0.15) is 12.4 Å². The number of hydrogen-bond donors (Lipinski definition) is 0. The molecular formula is C19H16FNO. The van der Waals surface area contributed by atoms with Crippen molar-refractivity contribution < 1.29 is 9.13 Å². The van der Waals surface area contributed by atoms with E-state index in [2.05, 4.69) is 4.98 Å². The van der Waals surface area contributed by atoms with Gasteiger partial charge in [-0.2, -0.15) is 4.39 Å². The molecular weight excluding hydrogens is 277 g/mol. The van der Waals surface area contributed by atoms with Gasteiger partial charge in [-0.25, -0.2) is 4.98 Å². The summed E-state index contributed by atoms with van der Waals surface area (Å²) in [5.41, 5.74) is 3.39. The standard InChI is InChI=1S/C19H16FNO/c1-14-11-16(12-21-19(14)20)17-9-5-6-10-18(17)22-13-15-7-3-2-4-8-15/h2-12H,13H2,1H3. The molecule has 3 aromatic rings. The van der Waals surface area contributed by atoms with Crippen LogP contribution in [-0.2, 0) is 6.61 Å². The minimum absolute atomic E-state index is 0.438. The number of aromatic nitrogens is 1. The zero-order valence-corrected chi connectivity index (χ0v) is 12.3. The zero-order chi connectivity index (χ0) is 15.4. The minimum atomic E-state index is -0.438. The first kappa shape index (κ1) is 14.3. The van der Waals surface area contributed by atoms with Gasteiger partial charge in [0, 0.05) is 22.9 Å². The Morgan fingerprint density at radius 1 is 1.00 bits per heavy atom. The summed E-state index contributed by atoms with van der Waals surface area (Å²) < 4.78 is 19.3. The van der Waals surface area contributed by atoms with Crippen LogP contribution in [0.25, 0.3) is 11.1 Å². The number of hydrogen-bond acceptors (Lipinski definition) is 2. The summed E-state index contributed by atoms with van der Waals surface area (Å²) in [6.45, 7) is 2.20. The van der Waals surface area contributed by atoms with Gasteiger partial charge in [0.25, 0.3) is 0 Å². The first-order valence-corrected chi connectivity index (χ1v) is 7.12. The molecule has 0 saturated heterocycles. The second kappa shape index (κ2) is 6.39. The van der Waals surface area contributed by atoms with Crippen LogP contribution in [0.2, 0.25) is 0 Å². The summed E-state index contributed by atoms with van der Waals surface area (Å²) in [7, 11) is 0. The fourth-order valence-corrected chi connectivity index (χ4v) is 2.27. The highest BCUT2D eigenvalue weighted by atomic mass is 19.1. The van der Waals surface area contributed by atoms with E-state index in [1.807, 2.05) is 54.6 Å². The Hall–Kier alpha value is -2.68. The van der Waals surface area contributed by atoms with Gasteiger partial charge >= 0.3 is 0 Å². The average Bonchev–Trinajstić information content (AvgIpc) is 2.57. The summed E-state index contributed by atoms with van der Waals surface area (Å²) in [5.74, 6) is 0.325. The Bertz CT molecular complexity index is 771. The van der Waals surface area contributed by atoms with E-state index >= 15 is 0 Å². The minimum Gasteiger partial charge on any atom is -0.488 e. The molecule has 0 fully saturated rings. The van der Waals surface area contributed by atoms with Gasteiger partial charge in [-0.05, 0) is 24.6 Å². The lowest BCUT2D eigenvalue weighted by Crippen LogP contribution is -1.97. The maximum atomic E-state index is 13.3. The number of pyridine rings is 1. The second-order valence-corrected chi connectivity index (χ2v) is 5.10. The van der Waals surface area contributed by atoms with E-state index < -0.39 is 5.95 Å². The average molecular weight is 293 g/mol. The molecule has 0 atom stereocenters. The molecule has 0 bridgehead atoms. The van der Waals surface area contributed by atoms with Crippen molar-refractivity contribution in [3.8, 4) is 16.9 Å². The number of rotatable bonds is 4. The lowest BCUT2D eigenvalue weighted by molar-refractivity contribution is 0.307. The van der Waals surface area contributed by atoms with Crippen molar-refractivity contribution in [1.82, 2.24) is 4.98 Å². The molecule has 0 saturated carbocycles. The fraction of sp³-hybridized carbons (Fsp3) is 0.105. The zero-order valence-electron chi connectivity index (χ0n) is 12.3. The molecule has 22 heavy (non-hydrogen) atoms. The van der Waals surface area contributed by atoms with Gasteiger partial charge in [-0.15, -0.1) is 0 Å². The van der Waals surface area contributed by atoms with Crippen molar-refractivity contribution in [3.05, 3.63) is 83.9 Å². The predicted octanol–water partition coefficient (Wildman–Crippen LogP) is 4.78. The van der Waals surface area contributed by atoms with Gasteiger partial charge in [0.15, 0.2) is 0 Å². The Balaban J connectivity index is 1.88. The largest absolute Gasteiger partial charge is 0.488 e. The van der Waals surface area contributed by atoms with Crippen molar-refractivity contribution in [2.45, 2.75) is 13.5 Å². The molecule has 2 nitrogen and oxygen atoms in total. The molecule has 0 N–H and O–H groups in total. The fourth-order valence-electron chi connectivity index (χ4n) is 2.27. The molecule has 2 aromatic carbocycles. The maximum absolute atomic E-state index is 13.3. The number of nitrogens with zero attached hydrogens (tertiary/aromatic N) is 1. The molecule has 0 aliphatic heterocycles. The highest BCUT2D eigenvalue weighted by Crippen LogP contribution is 2.30. The third kappa shape index (κ3) is 3.14. The lowest BCUT2D eigenvalue weighted by Gasteiger charge is -2.12. The highest BCUT2D eigenvalue weighted by Gasteiger charge is 2.08. The van der Waals surface area contributed by atoms with Crippen LogP contribution < -0.4 is 4.74 Å². The monoisotopic (exact) mass is 293 g/mol. The van der Waals surface area contributed by atoms with E-state index in [-0.39, 0.29) is 0 Å². The van der Waals surface area contributed by atoms with Crippen LogP contribution in [0.3, 0.4) is 0 Å². The topological polar surface area (TPSA) is 22.1 Å². The van der Waals surface area contributed by atoms with Gasteiger partial charge < -0.3 is 4.74 Å². The van der Waals surface area contributed by atoms with Crippen LogP contribution in [0.5, 0.6) is 5.75 Å². The van der Waals surface area contributed by atoms with Crippen molar-refractivity contribution in [2.75, 3.05) is 0 Å². The molecule has 110 valence electrons. The third-order valence-corrected chi connectivity index (χ3v) is 3.45. The molecule has 0 radical (unpaired) electrons. The Labute approximate surface area is 129 Å². The van der Waals surface area contributed by atoms with Gasteiger partial charge in [-0.1, -0.05) is 48.5 Å². The summed E-state index contributed by atoms with van der Waals surface area (Å²) in [5, 5.41) is 0. The number of ether oxygens (including phenoxy) is 1. The van der Waals surface area contributed by atoms with Gasteiger partial charge in [0.2, 0.25) is 5.95 Å². The first-order valence-electron chi connectivity index (χ1n) is 7.12. The van der Waals surface area contributed by atoms with E-state index in [1.165, 1.54) is 6.20 Å². The van der Waals surface area contributed by atoms with Crippen LogP contribution in [0, 0.1) is 12.9 Å². The van der Waals surface area contributed by atoms with Crippen LogP contribution >= 0.6 is 0 Å². The normalized spacial score (nSPS) is 10.5. The quantitative estimate of drug-likeness (QED) is 0.646. The van der Waals surface area contributed by atoms with E-state index in [1.54, 1.807) is 13.0 Å². The van der Waals surface area contributed by atoms with Crippen molar-refractivity contribution in [1.29, 1.82) is 0 Å². The van der Waals surface area contributed by atoms with Gasteiger partial charge in [0.05, 0.1) is 0 Å². The molecule has 1 heterocycles. The molecule has 0 spiro atoms. The van der Waals surface area contributed by atoms with E-state index in [9.17, 15) is 4.39 Å². The molecule has 3 rings (SSSR count). The highest BCUT2D eigenvalue weighted by molar-refractivity contribution is 5.70. The Morgan fingerprint density at radius 2 is 1.73 bits per heavy atom. The first-order chi connectivity index (χ1) is 10.7. The molecule has 3 heteroatoms. The summed E-state index contributed by atoms with van der Waals surface area (Å²) in [6.07, 6.45) is 1.53. The molecule has 0 aliphatic rings. The number of halogens is 1. The number of benzene rings is 2. The van der Waals surface area contributed by atoms with Crippen LogP contribution in [-0.4, -0.2) is 4.98 Å². The Kier molecular flexibility index (Phi) is 4.15. The van der Waals surface area contributed by atoms with Crippen LogP contribution in [0.15, 0.2) is 66.9 Å². The third-order valence-electron chi connectivity index (χ3n) is 3.45. The van der Waals surface area contributed by atoms with Crippen molar-refractivity contribution >= 4 is 0 Å². The van der Waals surface area contributed by atoms with E-state index in [0.717, 1.165) is 22.4 Å². The smallest absolute Gasteiger partial charge is 0.215 e. The van der Waals surface area contributed by atoms with Crippen molar-refractivity contribution in [2.24, 2.45) is 0 Å². The molecule has 0 amide bonds. The summed E-state index contributed by atoms with van der Waals surface area (Å²) in [4.78, 5) is 3.79. The van der Waals surface area contributed by atoms with E-state index in [0.29, 0.717) is 12.2 Å². The SMILES string of the molecule is Cc1cc(-c2ccccc2OCc2ccccc2)cnc1F. The maximum Gasteiger partial charge on any atom is 0.215 e. The predicted molar refractivity (Wildman–Crippen MR) is 85.1 cm³/mol. The Morgan fingerprint density at radius 3 is 2.50 bits per heavy atom. The lowest BCUT2D eigenvalue weighted by atomic mass is 10.1. The van der Waals surface area contributed by atoms with Crippen LogP contribution in [0.1, 0.15) is 11.1 Å². The second-order valence-electron chi connectivity index (χ2n) is 5.10. The van der Waals surface area contributed by atoms with Crippen LogP contribution in [0.4, 0.5) is 4.39 Å². The molecule has 1 aromatic heterocycles. The number of para-hydroxylation sites is 1.